The van der Waals surface area contributed by atoms with Crippen molar-refractivity contribution in [1.82, 2.24) is 29.6 Å². The first-order valence-corrected chi connectivity index (χ1v) is 12.4. The smallest absolute Gasteiger partial charge is 0.410 e. The van der Waals surface area contributed by atoms with Crippen LogP contribution in [0.15, 0.2) is 30.7 Å². The van der Waals surface area contributed by atoms with Crippen LogP contribution in [0.2, 0.25) is 0 Å². The Morgan fingerprint density at radius 2 is 2.02 bits per heavy atom. The number of benzene rings is 1. The van der Waals surface area contributed by atoms with E-state index in [2.05, 4.69) is 31.4 Å². The molecule has 1 aromatic carbocycles. The van der Waals surface area contributed by atoms with Crippen LogP contribution in [-0.2, 0) is 16.5 Å². The van der Waals surface area contributed by atoms with Crippen molar-refractivity contribution < 1.29 is 28.2 Å². The number of aryl methyl sites for hydroxylation is 1. The Hall–Kier alpha value is -4.80. The number of carbonyl (C=O) groups is 2. The number of piperidine rings is 1. The second-order valence-corrected chi connectivity index (χ2v) is 9.99. The van der Waals surface area contributed by atoms with Crippen molar-refractivity contribution in [1.29, 1.82) is 5.26 Å². The Morgan fingerprint density at radius 1 is 1.25 bits per heavy atom. The molecule has 1 saturated heterocycles. The summed E-state index contributed by atoms with van der Waals surface area (Å²) in [7, 11) is 2.86. The minimum Gasteiger partial charge on any atom is -0.486 e. The van der Waals surface area contributed by atoms with Crippen LogP contribution < -0.4 is 10.1 Å². The molecule has 2 unspecified atom stereocenters. The molecule has 1 aliphatic heterocycles. The normalized spacial score (nSPS) is 17.1. The van der Waals surface area contributed by atoms with Gasteiger partial charge in [0.15, 0.2) is 17.7 Å². The molecule has 2 aromatic heterocycles. The number of aromatic nitrogens is 5. The number of likely N-dealkylation sites (tertiary alicyclic amines) is 1. The summed E-state index contributed by atoms with van der Waals surface area (Å²) >= 11 is 0. The van der Waals surface area contributed by atoms with Crippen molar-refractivity contribution in [3.8, 4) is 23.2 Å². The van der Waals surface area contributed by atoms with Crippen LogP contribution in [0, 0.1) is 11.3 Å². The SMILES string of the molecule is COC(=O)c1c(Nc2ncnc(-c3ccc(OC4CCN(C(=O)OC(C)(C)C)CC4F)c(C#N)c3)n2)cnn1C. The zero-order valence-corrected chi connectivity index (χ0v) is 22.7. The van der Waals surface area contributed by atoms with Crippen molar-refractivity contribution in [3.63, 3.8) is 0 Å². The number of nitrogens with zero attached hydrogens (tertiary/aromatic N) is 7. The third kappa shape index (κ3) is 6.42. The average Bonchev–Trinajstić information content (AvgIpc) is 3.28. The number of hydrogen-bond acceptors (Lipinski definition) is 11. The number of hydrogen-bond donors (Lipinski definition) is 1. The average molecular weight is 553 g/mol. The summed E-state index contributed by atoms with van der Waals surface area (Å²) in [5.74, 6) is 0.00395. The first-order valence-electron chi connectivity index (χ1n) is 12.4. The first-order chi connectivity index (χ1) is 19.0. The fraction of sp³-hybridized carbons (Fsp3) is 0.423. The maximum Gasteiger partial charge on any atom is 0.410 e. The molecule has 0 aliphatic carbocycles. The van der Waals surface area contributed by atoms with Gasteiger partial charge in [0.1, 0.15) is 29.9 Å². The van der Waals surface area contributed by atoms with Gasteiger partial charge in [0, 0.05) is 25.6 Å². The highest BCUT2D eigenvalue weighted by atomic mass is 19.1. The fourth-order valence-corrected chi connectivity index (χ4v) is 4.01. The minimum atomic E-state index is -1.47. The molecule has 40 heavy (non-hydrogen) atoms. The van der Waals surface area contributed by atoms with E-state index in [0.717, 1.165) is 0 Å². The number of methoxy groups -OCH3 is 1. The molecular weight excluding hydrogens is 523 g/mol. The van der Waals surface area contributed by atoms with Crippen molar-refractivity contribution in [2.45, 2.75) is 45.1 Å². The van der Waals surface area contributed by atoms with E-state index >= 15 is 0 Å². The van der Waals surface area contributed by atoms with Gasteiger partial charge in [-0.1, -0.05) is 0 Å². The molecule has 1 aliphatic rings. The van der Waals surface area contributed by atoms with Crippen LogP contribution >= 0.6 is 0 Å². The molecule has 0 bridgehead atoms. The first kappa shape index (κ1) is 28.2. The monoisotopic (exact) mass is 552 g/mol. The quantitative estimate of drug-likeness (QED) is 0.447. The number of halogens is 1. The van der Waals surface area contributed by atoms with Crippen molar-refractivity contribution in [2.24, 2.45) is 7.05 Å². The molecule has 13 nitrogen and oxygen atoms in total. The van der Waals surface area contributed by atoms with E-state index in [1.165, 1.54) is 35.3 Å². The molecule has 0 radical (unpaired) electrons. The largest absolute Gasteiger partial charge is 0.486 e. The van der Waals surface area contributed by atoms with E-state index in [-0.39, 0.29) is 48.3 Å². The highest BCUT2D eigenvalue weighted by molar-refractivity contribution is 5.94. The van der Waals surface area contributed by atoms with Gasteiger partial charge < -0.3 is 24.4 Å². The second-order valence-electron chi connectivity index (χ2n) is 9.99. The van der Waals surface area contributed by atoms with Crippen molar-refractivity contribution >= 4 is 23.7 Å². The van der Waals surface area contributed by atoms with Crippen molar-refractivity contribution in [2.75, 3.05) is 25.5 Å². The Bertz CT molecular complexity index is 1450. The lowest BCUT2D eigenvalue weighted by Gasteiger charge is -2.35. The van der Waals surface area contributed by atoms with E-state index in [1.54, 1.807) is 40.0 Å². The van der Waals surface area contributed by atoms with Gasteiger partial charge in [-0.25, -0.2) is 23.9 Å². The highest BCUT2D eigenvalue weighted by Crippen LogP contribution is 2.29. The maximum absolute atomic E-state index is 15.0. The van der Waals surface area contributed by atoms with Gasteiger partial charge >= 0.3 is 12.1 Å². The Kier molecular flexibility index (Phi) is 8.13. The molecule has 3 aromatic rings. The molecular formula is C26H29FN8O5. The van der Waals surface area contributed by atoms with E-state index in [9.17, 15) is 19.2 Å². The topological polar surface area (TPSA) is 157 Å². The van der Waals surface area contributed by atoms with E-state index in [1.807, 2.05) is 0 Å². The molecule has 0 spiro atoms. The van der Waals surface area contributed by atoms with Gasteiger partial charge in [-0.3, -0.25) is 4.68 Å². The highest BCUT2D eigenvalue weighted by Gasteiger charge is 2.35. The summed E-state index contributed by atoms with van der Waals surface area (Å²) in [4.78, 5) is 38.3. The predicted octanol–water partition coefficient (Wildman–Crippen LogP) is 3.40. The summed E-state index contributed by atoms with van der Waals surface area (Å²) in [6, 6.07) is 6.79. The van der Waals surface area contributed by atoms with Gasteiger partial charge in [0.25, 0.3) is 0 Å². The van der Waals surface area contributed by atoms with Crippen LogP contribution in [0.3, 0.4) is 0 Å². The molecule has 1 N–H and O–H groups in total. The summed E-state index contributed by atoms with van der Waals surface area (Å²) in [6.45, 7) is 5.33. The zero-order chi connectivity index (χ0) is 29.0. The van der Waals surface area contributed by atoms with Crippen LogP contribution in [0.25, 0.3) is 11.4 Å². The number of nitriles is 1. The third-order valence-corrected chi connectivity index (χ3v) is 5.91. The van der Waals surface area contributed by atoms with Crippen LogP contribution in [0.1, 0.15) is 43.2 Å². The summed E-state index contributed by atoms with van der Waals surface area (Å²) in [5, 5.41) is 16.7. The maximum atomic E-state index is 15.0. The molecule has 4 rings (SSSR count). The summed E-state index contributed by atoms with van der Waals surface area (Å²) in [5.41, 5.74) is 0.492. The van der Waals surface area contributed by atoms with Gasteiger partial charge in [0.05, 0.1) is 31.1 Å². The summed E-state index contributed by atoms with van der Waals surface area (Å²) < 4.78 is 32.3. The van der Waals surface area contributed by atoms with Gasteiger partial charge in [-0.2, -0.15) is 15.3 Å². The Balaban J connectivity index is 1.47. The number of nitrogens with one attached hydrogen (secondary N) is 1. The van der Waals surface area contributed by atoms with Gasteiger partial charge in [-0.05, 0) is 39.0 Å². The lowest BCUT2D eigenvalue weighted by Crippen LogP contribution is -2.50. The Labute approximate surface area is 229 Å². The van der Waals surface area contributed by atoms with E-state index in [4.69, 9.17) is 14.2 Å². The summed E-state index contributed by atoms with van der Waals surface area (Å²) in [6.07, 6.45) is 0.0667. The number of esters is 1. The van der Waals surface area contributed by atoms with E-state index in [0.29, 0.717) is 11.3 Å². The standard InChI is InChI=1S/C26H29FN8O5/c1-26(2,3)40-25(37)35-9-8-20(17(27)13-35)39-19-7-6-15(10-16(19)11-28)22-29-14-30-24(33-22)32-18-12-31-34(4)21(18)23(36)38-5/h6-7,10,12,14,17,20H,8-9,13H2,1-5H3,(H,29,30,32,33). The van der Waals surface area contributed by atoms with Crippen molar-refractivity contribution in [3.05, 3.63) is 42.0 Å². The fourth-order valence-electron chi connectivity index (χ4n) is 4.01. The molecule has 3 heterocycles. The molecule has 1 amide bonds. The number of carbonyl (C=O) groups excluding carboxylic acids is 2. The number of amides is 1. The number of anilines is 2. The third-order valence-electron chi connectivity index (χ3n) is 5.91. The van der Waals surface area contributed by atoms with Gasteiger partial charge in [-0.15, -0.1) is 0 Å². The number of ether oxygens (including phenoxy) is 3. The van der Waals surface area contributed by atoms with Crippen LogP contribution in [0.4, 0.5) is 20.8 Å². The molecule has 14 heteroatoms. The lowest BCUT2D eigenvalue weighted by molar-refractivity contribution is -0.0106. The second kappa shape index (κ2) is 11.5. The minimum absolute atomic E-state index is 0.138. The van der Waals surface area contributed by atoms with Crippen LogP contribution in [-0.4, -0.2) is 79.8 Å². The van der Waals surface area contributed by atoms with E-state index < -0.39 is 29.9 Å². The zero-order valence-electron chi connectivity index (χ0n) is 22.7. The molecule has 210 valence electrons. The number of rotatable bonds is 6. The lowest BCUT2D eigenvalue weighted by atomic mass is 10.1. The Morgan fingerprint density at radius 3 is 2.70 bits per heavy atom. The molecule has 1 fully saturated rings. The van der Waals surface area contributed by atoms with Gasteiger partial charge in [0.2, 0.25) is 5.95 Å². The molecule has 0 saturated carbocycles. The van der Waals surface area contributed by atoms with Crippen LogP contribution in [0.5, 0.6) is 5.75 Å². The predicted molar refractivity (Wildman–Crippen MR) is 140 cm³/mol. The number of alkyl halides is 1. The molecule has 2 atom stereocenters.